The summed E-state index contributed by atoms with van der Waals surface area (Å²) in [7, 11) is 0. The molecular weight excluding hydrogens is 113 g/mol. The second-order valence-electron chi connectivity index (χ2n) is 0.151. The molecule has 6 heteroatoms. The van der Waals surface area contributed by atoms with Gasteiger partial charge in [0.2, 0.25) is 0 Å². The first-order chi connectivity index (χ1) is 2.83. The molecule has 0 saturated heterocycles. The Bertz CT molecular complexity index is 21.5. The van der Waals surface area contributed by atoms with Crippen molar-refractivity contribution in [3.8, 4) is 0 Å². The molecule has 0 radical (unpaired) electrons. The highest BCUT2D eigenvalue weighted by Gasteiger charge is 1.47. The number of hydrogen-bond acceptors (Lipinski definition) is 4. The van der Waals surface area contributed by atoms with Crippen LogP contribution in [0.2, 0.25) is 0 Å². The van der Waals surface area contributed by atoms with E-state index in [1.54, 1.807) is 0 Å². The molecule has 0 aliphatic heterocycles. The summed E-state index contributed by atoms with van der Waals surface area (Å²) in [5, 5.41) is 7.89. The molecule has 0 aliphatic rings. The van der Waals surface area contributed by atoms with Crippen LogP contribution in [0.5, 0.6) is 0 Å². The van der Waals surface area contributed by atoms with Crippen LogP contribution in [-0.2, 0) is 0 Å². The van der Waals surface area contributed by atoms with Gasteiger partial charge in [-0.15, -0.1) is 9.57 Å². The Labute approximate surface area is 37.2 Å². The molecule has 2 N–H and O–H groups in total. The van der Waals surface area contributed by atoms with Gasteiger partial charge in [-0.25, -0.2) is 0 Å². The summed E-state index contributed by atoms with van der Waals surface area (Å²) in [5.41, 5.74) is 0. The van der Waals surface area contributed by atoms with Gasteiger partial charge in [0, 0.05) is 0 Å². The van der Waals surface area contributed by atoms with Crippen LogP contribution in [0.15, 0.2) is 5.34 Å². The third-order valence-electron chi connectivity index (χ3n) is 0. The monoisotopic (exact) mass is 115 g/mol. The molecule has 6 heavy (non-hydrogen) atoms. The molecular formula is H2ClNO4. The predicted molar refractivity (Wildman–Crippen MR) is 9.80 cm³/mol. The number of nitrogens with zero attached hydrogens (tertiary/aromatic N) is 1. The van der Waals surface area contributed by atoms with E-state index in [0.717, 1.165) is 0 Å². The number of hydrogen-bond donors (Lipinski definition) is 2. The van der Waals surface area contributed by atoms with Gasteiger partial charge >= 0.3 is 11.3 Å². The quantitative estimate of drug-likeness (QED) is 0.294. The van der Waals surface area contributed by atoms with E-state index in [-0.39, 0.29) is 11.3 Å². The van der Waals surface area contributed by atoms with Crippen molar-refractivity contribution in [2.24, 2.45) is 5.34 Å². The van der Waals surface area contributed by atoms with Gasteiger partial charge in [0.1, 0.15) is 0 Å². The number of halogens is 1. The molecule has 0 bridgehead atoms. The Morgan fingerprint density at radius 3 is 1.83 bits per heavy atom. The molecule has 0 unspecified atom stereocenters. The summed E-state index contributed by atoms with van der Waals surface area (Å²) >= 11 is -0.167. The number of rotatable bonds is 0. The molecule has 0 aromatic carbocycles. The zero-order chi connectivity index (χ0) is 5.41. The molecule has 0 heterocycles. The molecule has 38 valence electrons. The molecule has 0 rings (SSSR count). The van der Waals surface area contributed by atoms with E-state index in [0.29, 0.717) is 0 Å². The van der Waals surface area contributed by atoms with E-state index < -0.39 is 0 Å². The minimum Gasteiger partial charge on any atom is -0.506 e. The lowest BCUT2D eigenvalue weighted by atomic mass is 13.4. The van der Waals surface area contributed by atoms with Gasteiger partial charge in [-0.1, -0.05) is 0 Å². The van der Waals surface area contributed by atoms with E-state index >= 15 is 0 Å². The van der Waals surface area contributed by atoms with Crippen LogP contribution in [0, 0.1) is 16.2 Å². The summed E-state index contributed by atoms with van der Waals surface area (Å²) in [6.45, 7) is 0. The first-order valence-corrected chi connectivity index (χ1v) is 1.35. The van der Waals surface area contributed by atoms with Crippen LogP contribution in [-0.4, -0.2) is 9.87 Å². The second-order valence-corrected chi connectivity index (χ2v) is 0.289. The van der Waals surface area contributed by atoms with E-state index in [9.17, 15) is 0 Å². The highest BCUT2D eigenvalue weighted by Crippen LogP contribution is 1.25. The average Bonchev–Trinajstić information content (AvgIpc) is 1.39. The van der Waals surface area contributed by atoms with Gasteiger partial charge < -0.3 is 9.87 Å². The van der Waals surface area contributed by atoms with Crippen LogP contribution in [0.1, 0.15) is 0 Å². The van der Waals surface area contributed by atoms with Crippen LogP contribution < -0.4 is 4.66 Å². The van der Waals surface area contributed by atoms with Gasteiger partial charge in [-0.3, -0.25) is 0 Å². The maximum atomic E-state index is 8.35. The van der Waals surface area contributed by atoms with Crippen molar-refractivity contribution >= 4 is 0 Å². The van der Waals surface area contributed by atoms with Crippen molar-refractivity contribution in [3.05, 3.63) is 4.91 Å². The topological polar surface area (TPSA) is 93.0 Å². The fourth-order valence-corrected chi connectivity index (χ4v) is 0. The zero-order valence-corrected chi connectivity index (χ0v) is 3.29. The van der Waals surface area contributed by atoms with Crippen molar-refractivity contribution in [3.63, 3.8) is 0 Å². The van der Waals surface area contributed by atoms with Gasteiger partial charge in [-0.2, -0.15) is 0 Å². The van der Waals surface area contributed by atoms with Gasteiger partial charge in [-0.05, 0) is 0 Å². The minimum atomic E-state index is -0.167. The molecule has 0 aliphatic carbocycles. The molecule has 0 saturated carbocycles. The van der Waals surface area contributed by atoms with E-state index in [1.807, 2.05) is 0 Å². The molecule has 0 aromatic rings. The lowest BCUT2D eigenvalue weighted by Crippen LogP contribution is -1.94. The Morgan fingerprint density at radius 1 is 1.83 bits per heavy atom. The molecule has 0 spiro atoms. The van der Waals surface area contributed by atoms with Crippen molar-refractivity contribution in [1.82, 2.24) is 0 Å². The van der Waals surface area contributed by atoms with Crippen molar-refractivity contribution in [2.45, 2.75) is 0 Å². The SMILES string of the molecule is O=NO.[O-][Cl+]O. The Morgan fingerprint density at radius 2 is 1.83 bits per heavy atom. The predicted octanol–water partition coefficient (Wildman–Crippen LogP) is -1.60. The smallest absolute Gasteiger partial charge is 0.327 e. The Hall–Kier alpha value is -0.390. The first-order valence-electron chi connectivity index (χ1n) is 0.706. The maximum absolute atomic E-state index is 8.35. The normalized spacial score (nSPS) is 5.00. The van der Waals surface area contributed by atoms with Gasteiger partial charge in [0.05, 0.1) is 0 Å². The zero-order valence-electron chi connectivity index (χ0n) is 2.54. The molecule has 0 amide bonds. The summed E-state index contributed by atoms with van der Waals surface area (Å²) in [5.74, 6) is 0. The second kappa shape index (κ2) is 23.2. The third-order valence-corrected chi connectivity index (χ3v) is 0. The van der Waals surface area contributed by atoms with Crippen LogP contribution in [0.3, 0.4) is 0 Å². The summed E-state index contributed by atoms with van der Waals surface area (Å²) in [4.78, 5) is 8.11. The molecule has 0 atom stereocenters. The Balaban J connectivity index is 0. The highest BCUT2D eigenvalue weighted by atomic mass is 35.6. The standard InChI is InChI=1S/ClHO2.HNO2/c2*2-1-3/h2H;(H,2,3). The van der Waals surface area contributed by atoms with Gasteiger partial charge in [0.15, 0.2) is 5.34 Å². The van der Waals surface area contributed by atoms with Crippen LogP contribution in [0.25, 0.3) is 0 Å². The van der Waals surface area contributed by atoms with E-state index in [1.165, 1.54) is 5.34 Å². The van der Waals surface area contributed by atoms with E-state index in [4.69, 9.17) is 19.4 Å². The van der Waals surface area contributed by atoms with Crippen molar-refractivity contribution in [1.29, 1.82) is 0 Å². The average molecular weight is 115 g/mol. The third kappa shape index (κ3) is 162. The molecule has 0 aromatic heterocycles. The van der Waals surface area contributed by atoms with Crippen molar-refractivity contribution < 1.29 is 25.9 Å². The van der Waals surface area contributed by atoms with Crippen LogP contribution >= 0.6 is 0 Å². The van der Waals surface area contributed by atoms with Gasteiger partial charge in [0.25, 0.3) is 0 Å². The largest absolute Gasteiger partial charge is 0.506 e. The minimum absolute atomic E-state index is 0.167. The fraction of sp³-hybridized carbons (Fsp3) is 0. The highest BCUT2D eigenvalue weighted by molar-refractivity contribution is 3.83. The lowest BCUT2D eigenvalue weighted by molar-refractivity contribution is -1.27. The Kier molecular flexibility index (Phi) is 35.3. The lowest BCUT2D eigenvalue weighted by Gasteiger charge is -1.46. The summed E-state index contributed by atoms with van der Waals surface area (Å²) < 4.78 is 15.2. The first kappa shape index (κ1) is 9.15. The molecule has 5 nitrogen and oxygen atoms in total. The maximum Gasteiger partial charge on any atom is 0.327 e. The molecule has 0 fully saturated rings. The summed E-state index contributed by atoms with van der Waals surface area (Å²) in [6, 6.07) is 0. The fourth-order valence-electron chi connectivity index (χ4n) is 0. The summed E-state index contributed by atoms with van der Waals surface area (Å²) in [6.07, 6.45) is 0. The van der Waals surface area contributed by atoms with E-state index in [2.05, 4.69) is 0 Å². The van der Waals surface area contributed by atoms with Crippen LogP contribution in [0.4, 0.5) is 0 Å². The van der Waals surface area contributed by atoms with Crippen molar-refractivity contribution in [2.75, 3.05) is 0 Å².